The highest BCUT2D eigenvalue weighted by atomic mass is 16.6. The minimum atomic E-state index is -1.02. The molecule has 2 aromatic carbocycles. The number of imide groups is 1. The van der Waals surface area contributed by atoms with E-state index in [1.807, 2.05) is 18.2 Å². The predicted octanol–water partition coefficient (Wildman–Crippen LogP) is 2.44. The van der Waals surface area contributed by atoms with E-state index in [0.29, 0.717) is 24.3 Å². The molecule has 0 saturated carbocycles. The Hall–Kier alpha value is -3.68. The Kier molecular flexibility index (Phi) is 6.65. The number of rotatable bonds is 3. The van der Waals surface area contributed by atoms with Crippen LogP contribution in [0, 0.1) is 0 Å². The molecule has 0 aliphatic carbocycles. The number of nitrogens with one attached hydrogen (secondary N) is 1. The van der Waals surface area contributed by atoms with Crippen molar-refractivity contribution < 1.29 is 29.0 Å². The molecule has 8 heteroatoms. The van der Waals surface area contributed by atoms with Crippen molar-refractivity contribution >= 4 is 29.6 Å². The van der Waals surface area contributed by atoms with E-state index in [9.17, 15) is 19.2 Å². The van der Waals surface area contributed by atoms with Gasteiger partial charge >= 0.3 is 12.1 Å². The van der Waals surface area contributed by atoms with Gasteiger partial charge in [-0.1, -0.05) is 18.2 Å². The number of hydrogen-bond acceptors (Lipinski definition) is 5. The monoisotopic (exact) mass is 370 g/mol. The van der Waals surface area contributed by atoms with Gasteiger partial charge < -0.3 is 9.84 Å². The summed E-state index contributed by atoms with van der Waals surface area (Å²) >= 11 is 0. The second-order valence-electron chi connectivity index (χ2n) is 5.56. The fourth-order valence-corrected chi connectivity index (χ4v) is 2.10. The van der Waals surface area contributed by atoms with E-state index in [0.717, 1.165) is 0 Å². The Balaban J connectivity index is 0.000000313. The van der Waals surface area contributed by atoms with Gasteiger partial charge in [0, 0.05) is 25.6 Å². The van der Waals surface area contributed by atoms with Crippen LogP contribution in [0.2, 0.25) is 0 Å². The highest BCUT2D eigenvalue weighted by Gasteiger charge is 2.16. The lowest BCUT2D eigenvalue weighted by atomic mass is 10.2. The zero-order valence-corrected chi connectivity index (χ0v) is 14.5. The first-order chi connectivity index (χ1) is 12.9. The Morgan fingerprint density at radius 2 is 1.52 bits per heavy atom. The first-order valence-corrected chi connectivity index (χ1v) is 8.03. The van der Waals surface area contributed by atoms with Crippen molar-refractivity contribution in [3.05, 3.63) is 60.2 Å². The van der Waals surface area contributed by atoms with Crippen molar-refractivity contribution in [2.45, 2.75) is 12.8 Å². The molecule has 2 N–H and O–H groups in total. The summed E-state index contributed by atoms with van der Waals surface area (Å²) < 4.78 is 5.16. The van der Waals surface area contributed by atoms with Gasteiger partial charge in [0.2, 0.25) is 11.8 Å². The highest BCUT2D eigenvalue weighted by Crippen LogP contribution is 2.16. The second-order valence-corrected chi connectivity index (χ2v) is 5.56. The van der Waals surface area contributed by atoms with E-state index in [1.54, 1.807) is 19.2 Å². The summed E-state index contributed by atoms with van der Waals surface area (Å²) in [4.78, 5) is 44.2. The minimum Gasteiger partial charge on any atom is -0.478 e. The van der Waals surface area contributed by atoms with E-state index in [2.05, 4.69) is 5.32 Å². The van der Waals surface area contributed by atoms with Crippen LogP contribution in [0.1, 0.15) is 23.2 Å². The molecule has 140 valence electrons. The number of ether oxygens (including phenoxy) is 1. The molecular formula is C19H18N2O6. The average molecular weight is 370 g/mol. The number of para-hydroxylation sites is 1. The number of aromatic carboxylic acids is 1. The Morgan fingerprint density at radius 1 is 0.963 bits per heavy atom. The van der Waals surface area contributed by atoms with Crippen LogP contribution >= 0.6 is 0 Å². The van der Waals surface area contributed by atoms with Crippen molar-refractivity contribution in [3.8, 4) is 5.75 Å². The molecule has 1 aliphatic rings. The summed E-state index contributed by atoms with van der Waals surface area (Å²) in [6.45, 7) is 0. The first kappa shape index (κ1) is 19.6. The standard InChI is InChI=1S/C15H13NO4.C4H5NO2/c1-16(12-5-3-2-4-6-12)15(19)20-13-9-7-11(8-10-13)14(17)18;6-3-1-2-4(7)5-3/h2-10H,1H3,(H,17,18);1-2H2,(H,5,6,7). The Morgan fingerprint density at radius 3 is 1.96 bits per heavy atom. The number of carbonyl (C=O) groups excluding carboxylic acids is 3. The van der Waals surface area contributed by atoms with Gasteiger partial charge in [0.15, 0.2) is 0 Å². The fourth-order valence-electron chi connectivity index (χ4n) is 2.10. The third kappa shape index (κ3) is 5.96. The number of hydrogen-bond donors (Lipinski definition) is 2. The van der Waals surface area contributed by atoms with Crippen LogP contribution in [-0.4, -0.2) is 36.0 Å². The van der Waals surface area contributed by atoms with Gasteiger partial charge in [0.05, 0.1) is 5.56 Å². The number of anilines is 1. The van der Waals surface area contributed by atoms with E-state index >= 15 is 0 Å². The van der Waals surface area contributed by atoms with Crippen LogP contribution in [-0.2, 0) is 9.59 Å². The van der Waals surface area contributed by atoms with Gasteiger partial charge in [-0.05, 0) is 36.4 Å². The second kappa shape index (κ2) is 9.14. The maximum Gasteiger partial charge on any atom is 0.419 e. The number of carboxylic acid groups (broad SMARTS) is 1. The molecule has 0 aromatic heterocycles. The summed E-state index contributed by atoms with van der Waals surface area (Å²) in [5.41, 5.74) is 0.848. The number of nitrogens with zero attached hydrogens (tertiary/aromatic N) is 1. The van der Waals surface area contributed by atoms with Crippen LogP contribution in [0.25, 0.3) is 0 Å². The molecule has 0 unspecified atom stereocenters. The molecule has 0 spiro atoms. The average Bonchev–Trinajstić information content (AvgIpc) is 3.05. The first-order valence-electron chi connectivity index (χ1n) is 8.03. The van der Waals surface area contributed by atoms with Gasteiger partial charge in [0.25, 0.3) is 0 Å². The lowest BCUT2D eigenvalue weighted by molar-refractivity contribution is -0.124. The quantitative estimate of drug-likeness (QED) is 0.803. The molecule has 2 aromatic rings. The van der Waals surface area contributed by atoms with Crippen molar-refractivity contribution in [2.24, 2.45) is 0 Å². The van der Waals surface area contributed by atoms with E-state index in [4.69, 9.17) is 9.84 Å². The van der Waals surface area contributed by atoms with Crippen molar-refractivity contribution in [1.29, 1.82) is 0 Å². The zero-order chi connectivity index (χ0) is 19.8. The van der Waals surface area contributed by atoms with Gasteiger partial charge in [-0.3, -0.25) is 19.8 Å². The van der Waals surface area contributed by atoms with Crippen LogP contribution < -0.4 is 15.0 Å². The van der Waals surface area contributed by atoms with E-state index in [1.165, 1.54) is 29.2 Å². The number of carboxylic acids is 1. The lowest BCUT2D eigenvalue weighted by Gasteiger charge is -2.16. The smallest absolute Gasteiger partial charge is 0.419 e. The largest absolute Gasteiger partial charge is 0.478 e. The van der Waals surface area contributed by atoms with Gasteiger partial charge in [-0.15, -0.1) is 0 Å². The molecule has 0 bridgehead atoms. The van der Waals surface area contributed by atoms with Crippen LogP contribution in [0.5, 0.6) is 5.75 Å². The maximum absolute atomic E-state index is 11.9. The molecule has 3 amide bonds. The molecule has 3 rings (SSSR count). The summed E-state index contributed by atoms with van der Waals surface area (Å²) in [7, 11) is 1.60. The van der Waals surface area contributed by atoms with E-state index in [-0.39, 0.29) is 17.4 Å². The van der Waals surface area contributed by atoms with Gasteiger partial charge in [0.1, 0.15) is 5.75 Å². The normalized spacial score (nSPS) is 12.5. The maximum atomic E-state index is 11.9. The molecule has 8 nitrogen and oxygen atoms in total. The van der Waals surface area contributed by atoms with Crippen LogP contribution in [0.3, 0.4) is 0 Å². The summed E-state index contributed by atoms with van der Waals surface area (Å²) in [5.74, 6) is -1.03. The number of carbonyl (C=O) groups is 4. The molecule has 1 saturated heterocycles. The third-order valence-electron chi connectivity index (χ3n) is 3.58. The molecule has 0 radical (unpaired) electrons. The summed E-state index contributed by atoms with van der Waals surface area (Å²) in [6.07, 6.45) is 0.205. The summed E-state index contributed by atoms with van der Waals surface area (Å²) in [6, 6.07) is 14.7. The molecule has 0 atom stereocenters. The Labute approximate surface area is 155 Å². The molecule has 1 aliphatic heterocycles. The molecule has 1 fully saturated rings. The Bertz CT molecular complexity index is 819. The van der Waals surface area contributed by atoms with Gasteiger partial charge in [-0.25, -0.2) is 9.59 Å². The van der Waals surface area contributed by atoms with Crippen LogP contribution in [0.15, 0.2) is 54.6 Å². The minimum absolute atomic E-state index is 0.140. The van der Waals surface area contributed by atoms with Crippen molar-refractivity contribution in [2.75, 3.05) is 11.9 Å². The molecule has 1 heterocycles. The number of amides is 3. The molecule has 27 heavy (non-hydrogen) atoms. The predicted molar refractivity (Wildman–Crippen MR) is 96.7 cm³/mol. The van der Waals surface area contributed by atoms with Gasteiger partial charge in [-0.2, -0.15) is 0 Å². The third-order valence-corrected chi connectivity index (χ3v) is 3.58. The van der Waals surface area contributed by atoms with Crippen LogP contribution in [0.4, 0.5) is 10.5 Å². The van der Waals surface area contributed by atoms with E-state index < -0.39 is 12.1 Å². The topological polar surface area (TPSA) is 113 Å². The van der Waals surface area contributed by atoms with Crippen molar-refractivity contribution in [1.82, 2.24) is 5.32 Å². The number of benzene rings is 2. The zero-order valence-electron chi connectivity index (χ0n) is 14.5. The molecular weight excluding hydrogens is 352 g/mol. The van der Waals surface area contributed by atoms with Crippen molar-refractivity contribution in [3.63, 3.8) is 0 Å². The lowest BCUT2D eigenvalue weighted by Crippen LogP contribution is -2.29. The fraction of sp³-hybridized carbons (Fsp3) is 0.158. The SMILES string of the molecule is CN(C(=O)Oc1ccc(C(=O)O)cc1)c1ccccc1.O=C1CCC(=O)N1. The highest BCUT2D eigenvalue weighted by molar-refractivity contribution is 6.01. The summed E-state index contributed by atoms with van der Waals surface area (Å²) in [5, 5.41) is 10.9.